The number of hydrogen-bond acceptors (Lipinski definition) is 4. The quantitative estimate of drug-likeness (QED) is 0.360. The Labute approximate surface area is 174 Å². The van der Waals surface area contributed by atoms with Gasteiger partial charge < -0.3 is 9.84 Å². The number of phenols is 1. The van der Waals surface area contributed by atoms with Crippen molar-refractivity contribution in [1.82, 2.24) is 5.43 Å². The Balaban J connectivity index is 1.41. The molecule has 0 aliphatic carbocycles. The predicted octanol–water partition coefficient (Wildman–Crippen LogP) is 4.89. The maximum absolute atomic E-state index is 12.1. The zero-order valence-corrected chi connectivity index (χ0v) is 16.2. The van der Waals surface area contributed by atoms with Gasteiger partial charge in [0.05, 0.1) is 11.8 Å². The van der Waals surface area contributed by atoms with Gasteiger partial charge in [-0.15, -0.1) is 0 Å². The van der Waals surface area contributed by atoms with Crippen LogP contribution in [-0.2, 0) is 6.61 Å². The van der Waals surface area contributed by atoms with Crippen LogP contribution in [0.1, 0.15) is 21.5 Å². The summed E-state index contributed by atoms with van der Waals surface area (Å²) in [6, 6.07) is 28.1. The molecule has 0 heterocycles. The third kappa shape index (κ3) is 4.47. The Hall–Kier alpha value is -4.12. The van der Waals surface area contributed by atoms with Gasteiger partial charge in [0.2, 0.25) is 0 Å². The average Bonchev–Trinajstić information content (AvgIpc) is 2.78. The minimum Gasteiger partial charge on any atom is -0.507 e. The molecule has 0 saturated carbocycles. The fraction of sp³-hybridized carbons (Fsp3) is 0.0400. The summed E-state index contributed by atoms with van der Waals surface area (Å²) in [6.07, 6.45) is 1.53. The fourth-order valence-corrected chi connectivity index (χ4v) is 3.16. The van der Waals surface area contributed by atoms with E-state index in [0.29, 0.717) is 12.4 Å². The predicted molar refractivity (Wildman–Crippen MR) is 118 cm³/mol. The lowest BCUT2D eigenvalue weighted by atomic mass is 10.1. The van der Waals surface area contributed by atoms with Crippen molar-refractivity contribution in [3.8, 4) is 11.5 Å². The fourth-order valence-electron chi connectivity index (χ4n) is 3.16. The van der Waals surface area contributed by atoms with Gasteiger partial charge in [0.1, 0.15) is 18.1 Å². The molecule has 4 aromatic carbocycles. The summed E-state index contributed by atoms with van der Waals surface area (Å²) in [7, 11) is 0. The van der Waals surface area contributed by atoms with Crippen LogP contribution in [0.15, 0.2) is 96.1 Å². The first-order valence-electron chi connectivity index (χ1n) is 9.51. The highest BCUT2D eigenvalue weighted by molar-refractivity contribution is 5.97. The second-order valence-corrected chi connectivity index (χ2v) is 6.72. The standard InChI is InChI=1S/C25H20N2O3/c28-24-14-4-3-13-23(24)25(29)27-26-16-18-7-5-11-21(15-18)30-17-20-10-6-9-19-8-1-2-12-22(19)20/h1-16,28H,17H2,(H,27,29). The van der Waals surface area contributed by atoms with Gasteiger partial charge in [-0.1, -0.05) is 66.7 Å². The minimum absolute atomic E-state index is 0.0889. The van der Waals surface area contributed by atoms with E-state index in [1.807, 2.05) is 42.5 Å². The maximum Gasteiger partial charge on any atom is 0.275 e. The number of nitrogens with zero attached hydrogens (tertiary/aromatic N) is 1. The Morgan fingerprint density at radius 2 is 1.70 bits per heavy atom. The molecule has 0 radical (unpaired) electrons. The molecule has 30 heavy (non-hydrogen) atoms. The number of hydrazone groups is 1. The van der Waals surface area contributed by atoms with Gasteiger partial charge >= 0.3 is 0 Å². The summed E-state index contributed by atoms with van der Waals surface area (Å²) in [6.45, 7) is 0.450. The van der Waals surface area contributed by atoms with Crippen molar-refractivity contribution in [2.24, 2.45) is 5.10 Å². The van der Waals surface area contributed by atoms with Gasteiger partial charge in [-0.3, -0.25) is 4.79 Å². The molecule has 0 atom stereocenters. The summed E-state index contributed by atoms with van der Waals surface area (Å²) in [5, 5.41) is 16.0. The summed E-state index contributed by atoms with van der Waals surface area (Å²) in [5.74, 6) is 0.139. The number of carbonyl (C=O) groups excluding carboxylic acids is 1. The molecule has 0 bridgehead atoms. The van der Waals surface area contributed by atoms with Crippen LogP contribution in [0.5, 0.6) is 11.5 Å². The number of nitrogens with one attached hydrogen (secondary N) is 1. The van der Waals surface area contributed by atoms with Crippen LogP contribution in [0.3, 0.4) is 0 Å². The minimum atomic E-state index is -0.479. The van der Waals surface area contributed by atoms with Crippen LogP contribution in [0, 0.1) is 0 Å². The molecule has 4 aromatic rings. The molecule has 0 fully saturated rings. The van der Waals surface area contributed by atoms with Crippen LogP contribution in [-0.4, -0.2) is 17.2 Å². The summed E-state index contributed by atoms with van der Waals surface area (Å²) in [4.78, 5) is 12.1. The highest BCUT2D eigenvalue weighted by Gasteiger charge is 2.08. The first kappa shape index (κ1) is 19.2. The number of amides is 1. The van der Waals surface area contributed by atoms with Gasteiger partial charge in [-0.2, -0.15) is 5.10 Å². The second kappa shape index (κ2) is 8.92. The molecule has 2 N–H and O–H groups in total. The van der Waals surface area contributed by atoms with E-state index in [-0.39, 0.29) is 11.3 Å². The number of ether oxygens (including phenoxy) is 1. The molecule has 0 unspecified atom stereocenters. The zero-order valence-electron chi connectivity index (χ0n) is 16.2. The molecular formula is C25H20N2O3. The van der Waals surface area contributed by atoms with Crippen molar-refractivity contribution in [3.05, 3.63) is 108 Å². The molecule has 0 aromatic heterocycles. The number of rotatable bonds is 6. The molecule has 5 heteroatoms. The van der Waals surface area contributed by atoms with Crippen molar-refractivity contribution in [3.63, 3.8) is 0 Å². The van der Waals surface area contributed by atoms with E-state index in [1.54, 1.807) is 12.1 Å². The summed E-state index contributed by atoms with van der Waals surface area (Å²) < 4.78 is 5.97. The smallest absolute Gasteiger partial charge is 0.275 e. The van der Waals surface area contributed by atoms with Crippen LogP contribution in [0.4, 0.5) is 0 Å². The van der Waals surface area contributed by atoms with Crippen molar-refractivity contribution >= 4 is 22.9 Å². The average molecular weight is 396 g/mol. The SMILES string of the molecule is O=C(NN=Cc1cccc(OCc2cccc3ccccc23)c1)c1ccccc1O. The number of hydrogen-bond donors (Lipinski definition) is 2. The van der Waals surface area contributed by atoms with Crippen LogP contribution < -0.4 is 10.2 Å². The molecular weight excluding hydrogens is 376 g/mol. The number of phenolic OH excluding ortho intramolecular Hbond substituents is 1. The number of benzene rings is 4. The molecule has 5 nitrogen and oxygen atoms in total. The van der Waals surface area contributed by atoms with E-state index in [1.165, 1.54) is 29.1 Å². The first-order chi connectivity index (χ1) is 14.7. The third-order valence-corrected chi connectivity index (χ3v) is 4.66. The summed E-state index contributed by atoms with van der Waals surface area (Å²) >= 11 is 0. The summed E-state index contributed by atoms with van der Waals surface area (Å²) in [5.41, 5.74) is 4.48. The monoisotopic (exact) mass is 396 g/mol. The van der Waals surface area contributed by atoms with Crippen molar-refractivity contribution in [2.75, 3.05) is 0 Å². The first-order valence-corrected chi connectivity index (χ1v) is 9.51. The second-order valence-electron chi connectivity index (χ2n) is 6.72. The van der Waals surface area contributed by atoms with E-state index in [9.17, 15) is 9.90 Å². The third-order valence-electron chi connectivity index (χ3n) is 4.66. The Morgan fingerprint density at radius 3 is 2.60 bits per heavy atom. The molecule has 0 spiro atoms. The Bertz CT molecular complexity index is 1210. The largest absolute Gasteiger partial charge is 0.507 e. The highest BCUT2D eigenvalue weighted by atomic mass is 16.5. The van der Waals surface area contributed by atoms with Crippen molar-refractivity contribution < 1.29 is 14.6 Å². The maximum atomic E-state index is 12.1. The van der Waals surface area contributed by atoms with Crippen LogP contribution in [0.25, 0.3) is 10.8 Å². The number of para-hydroxylation sites is 1. The number of carbonyl (C=O) groups is 1. The number of aromatic hydroxyl groups is 1. The van der Waals surface area contributed by atoms with E-state index in [4.69, 9.17) is 4.74 Å². The van der Waals surface area contributed by atoms with Gasteiger partial charge in [-0.05, 0) is 46.2 Å². The molecule has 0 saturated heterocycles. The van der Waals surface area contributed by atoms with Crippen molar-refractivity contribution in [1.29, 1.82) is 0 Å². The molecule has 4 rings (SSSR count). The Kier molecular flexibility index (Phi) is 5.71. The van der Waals surface area contributed by atoms with E-state index < -0.39 is 5.91 Å². The van der Waals surface area contributed by atoms with Crippen molar-refractivity contribution in [2.45, 2.75) is 6.61 Å². The molecule has 0 aliphatic rings. The topological polar surface area (TPSA) is 70.9 Å². The van der Waals surface area contributed by atoms with Gasteiger partial charge in [0.15, 0.2) is 0 Å². The Morgan fingerprint density at radius 1 is 0.933 bits per heavy atom. The normalized spacial score (nSPS) is 10.9. The molecule has 148 valence electrons. The van der Waals surface area contributed by atoms with Gasteiger partial charge in [-0.25, -0.2) is 5.43 Å². The lowest BCUT2D eigenvalue weighted by Crippen LogP contribution is -2.17. The lowest BCUT2D eigenvalue weighted by Gasteiger charge is -2.09. The van der Waals surface area contributed by atoms with Gasteiger partial charge in [0, 0.05) is 0 Å². The lowest BCUT2D eigenvalue weighted by molar-refractivity contribution is 0.0952. The van der Waals surface area contributed by atoms with Crippen LogP contribution >= 0.6 is 0 Å². The zero-order chi connectivity index (χ0) is 20.8. The van der Waals surface area contributed by atoms with Crippen LogP contribution in [0.2, 0.25) is 0 Å². The number of fused-ring (bicyclic) bond motifs is 1. The van der Waals surface area contributed by atoms with E-state index >= 15 is 0 Å². The highest BCUT2D eigenvalue weighted by Crippen LogP contribution is 2.21. The van der Waals surface area contributed by atoms with E-state index in [0.717, 1.165) is 11.1 Å². The molecule has 0 aliphatic heterocycles. The van der Waals surface area contributed by atoms with E-state index in [2.05, 4.69) is 34.8 Å². The molecule has 1 amide bonds. The van der Waals surface area contributed by atoms with Gasteiger partial charge in [0.25, 0.3) is 5.91 Å².